The molecular weight excluding hydrogens is 231 g/mol. The van der Waals surface area contributed by atoms with Gasteiger partial charge in [0.15, 0.2) is 0 Å². The quantitative estimate of drug-likeness (QED) is 0.886. The Bertz CT molecular complexity index is 363. The first kappa shape index (κ1) is 13.8. The lowest BCUT2D eigenvalue weighted by Gasteiger charge is -2.19. The van der Waals surface area contributed by atoms with Crippen molar-refractivity contribution in [1.29, 1.82) is 0 Å². The van der Waals surface area contributed by atoms with Gasteiger partial charge in [0, 0.05) is 5.56 Å². The molecular formula is C12H16F3NO. The molecule has 17 heavy (non-hydrogen) atoms. The van der Waals surface area contributed by atoms with Crippen LogP contribution in [0.4, 0.5) is 13.2 Å². The highest BCUT2D eigenvalue weighted by atomic mass is 19.4. The molecule has 0 fully saturated rings. The molecule has 96 valence electrons. The molecule has 0 aliphatic carbocycles. The lowest BCUT2D eigenvalue weighted by molar-refractivity contribution is -0.149. The highest BCUT2D eigenvalue weighted by molar-refractivity contribution is 5.36. The molecule has 1 aromatic rings. The van der Waals surface area contributed by atoms with Crippen molar-refractivity contribution < 1.29 is 17.9 Å². The summed E-state index contributed by atoms with van der Waals surface area (Å²) in [5.74, 6) is 0.441. The molecule has 1 atom stereocenters. The number of alkyl halides is 3. The van der Waals surface area contributed by atoms with Crippen molar-refractivity contribution in [3.05, 3.63) is 29.8 Å². The molecule has 0 heterocycles. The lowest BCUT2D eigenvalue weighted by Crippen LogP contribution is -2.29. The number of rotatable bonds is 4. The zero-order valence-corrected chi connectivity index (χ0v) is 9.79. The largest absolute Gasteiger partial charge is 0.493 e. The minimum atomic E-state index is -4.46. The van der Waals surface area contributed by atoms with E-state index in [4.69, 9.17) is 10.5 Å². The van der Waals surface area contributed by atoms with Crippen molar-refractivity contribution in [2.24, 2.45) is 11.7 Å². The second-order valence-electron chi connectivity index (χ2n) is 4.26. The van der Waals surface area contributed by atoms with Gasteiger partial charge in [0.25, 0.3) is 0 Å². The molecule has 0 bridgehead atoms. The third-order valence-electron chi connectivity index (χ3n) is 2.18. The van der Waals surface area contributed by atoms with E-state index in [9.17, 15) is 13.2 Å². The van der Waals surface area contributed by atoms with E-state index < -0.39 is 12.2 Å². The third kappa shape index (κ3) is 3.93. The normalized spacial score (nSPS) is 13.8. The van der Waals surface area contributed by atoms with E-state index in [1.54, 1.807) is 6.07 Å². The number of nitrogens with two attached hydrogens (primary N) is 1. The molecule has 2 nitrogen and oxygen atoms in total. The van der Waals surface area contributed by atoms with Gasteiger partial charge in [0.2, 0.25) is 0 Å². The van der Waals surface area contributed by atoms with Crippen molar-refractivity contribution in [2.75, 3.05) is 6.61 Å². The summed E-state index contributed by atoms with van der Waals surface area (Å²) in [6.07, 6.45) is -4.46. The lowest BCUT2D eigenvalue weighted by atomic mass is 10.1. The van der Waals surface area contributed by atoms with E-state index in [-0.39, 0.29) is 17.2 Å². The van der Waals surface area contributed by atoms with E-state index in [1.807, 2.05) is 13.8 Å². The van der Waals surface area contributed by atoms with Crippen LogP contribution in [0.25, 0.3) is 0 Å². The van der Waals surface area contributed by atoms with Gasteiger partial charge < -0.3 is 10.5 Å². The Hall–Kier alpha value is -1.23. The zero-order valence-electron chi connectivity index (χ0n) is 9.79. The van der Waals surface area contributed by atoms with Crippen molar-refractivity contribution in [2.45, 2.75) is 26.1 Å². The number of benzene rings is 1. The van der Waals surface area contributed by atoms with Gasteiger partial charge in [-0.25, -0.2) is 0 Å². The maximum absolute atomic E-state index is 12.5. The molecule has 0 saturated carbocycles. The summed E-state index contributed by atoms with van der Waals surface area (Å²) in [7, 11) is 0. The summed E-state index contributed by atoms with van der Waals surface area (Å²) in [6.45, 7) is 4.21. The van der Waals surface area contributed by atoms with Crippen LogP contribution in [0, 0.1) is 5.92 Å². The van der Waals surface area contributed by atoms with Crippen LogP contribution in [0.15, 0.2) is 24.3 Å². The van der Waals surface area contributed by atoms with Gasteiger partial charge in [0.05, 0.1) is 6.61 Å². The molecule has 5 heteroatoms. The number of halogens is 3. The number of ether oxygens (including phenoxy) is 1. The Morgan fingerprint density at radius 2 is 1.82 bits per heavy atom. The molecule has 1 rings (SSSR count). The summed E-state index contributed by atoms with van der Waals surface area (Å²) in [5, 5.41) is 0. The molecule has 0 aliphatic rings. The summed E-state index contributed by atoms with van der Waals surface area (Å²) < 4.78 is 42.9. The van der Waals surface area contributed by atoms with Crippen LogP contribution in [0.5, 0.6) is 5.75 Å². The second kappa shape index (κ2) is 5.40. The predicted molar refractivity (Wildman–Crippen MR) is 59.8 cm³/mol. The zero-order chi connectivity index (χ0) is 13.1. The smallest absolute Gasteiger partial charge is 0.407 e. The minimum absolute atomic E-state index is 0.0272. The molecule has 0 radical (unpaired) electrons. The van der Waals surface area contributed by atoms with Crippen molar-refractivity contribution in [3.8, 4) is 5.75 Å². The maximum atomic E-state index is 12.5. The van der Waals surface area contributed by atoms with Crippen LogP contribution >= 0.6 is 0 Å². The highest BCUT2D eigenvalue weighted by Crippen LogP contribution is 2.35. The predicted octanol–water partition coefficient (Wildman–Crippen LogP) is 3.28. The van der Waals surface area contributed by atoms with Gasteiger partial charge in [-0.3, -0.25) is 0 Å². The van der Waals surface area contributed by atoms with Crippen LogP contribution in [-0.4, -0.2) is 12.8 Å². The molecule has 0 aliphatic heterocycles. The van der Waals surface area contributed by atoms with Gasteiger partial charge in [-0.2, -0.15) is 13.2 Å². The average molecular weight is 247 g/mol. The van der Waals surface area contributed by atoms with E-state index in [0.29, 0.717) is 6.61 Å². The first-order chi connectivity index (χ1) is 7.82. The molecule has 1 aromatic carbocycles. The van der Waals surface area contributed by atoms with Crippen LogP contribution in [0.1, 0.15) is 25.5 Å². The Balaban J connectivity index is 2.91. The number of hydrogen-bond donors (Lipinski definition) is 1. The Labute approximate surface area is 98.6 Å². The summed E-state index contributed by atoms with van der Waals surface area (Å²) in [6, 6.07) is 3.98. The van der Waals surface area contributed by atoms with Gasteiger partial charge >= 0.3 is 6.18 Å². The topological polar surface area (TPSA) is 35.2 Å². The fraction of sp³-hybridized carbons (Fsp3) is 0.500. The third-order valence-corrected chi connectivity index (χ3v) is 2.18. The first-order valence-electron chi connectivity index (χ1n) is 5.36. The van der Waals surface area contributed by atoms with Crippen LogP contribution in [0.2, 0.25) is 0 Å². The Morgan fingerprint density at radius 3 is 2.35 bits per heavy atom. The summed E-state index contributed by atoms with van der Waals surface area (Å²) >= 11 is 0. The summed E-state index contributed by atoms with van der Waals surface area (Å²) in [5.41, 5.74) is 5.15. The van der Waals surface area contributed by atoms with E-state index in [0.717, 1.165) is 0 Å². The molecule has 0 spiro atoms. The Morgan fingerprint density at radius 1 is 1.24 bits per heavy atom. The van der Waals surface area contributed by atoms with Crippen molar-refractivity contribution in [3.63, 3.8) is 0 Å². The Kier molecular flexibility index (Phi) is 4.40. The molecule has 0 amide bonds. The van der Waals surface area contributed by atoms with Crippen LogP contribution in [-0.2, 0) is 0 Å². The number of para-hydroxylation sites is 1. The fourth-order valence-corrected chi connectivity index (χ4v) is 1.30. The molecule has 0 unspecified atom stereocenters. The van der Waals surface area contributed by atoms with Gasteiger partial charge in [-0.1, -0.05) is 32.0 Å². The fourth-order valence-electron chi connectivity index (χ4n) is 1.30. The van der Waals surface area contributed by atoms with Crippen molar-refractivity contribution in [1.82, 2.24) is 0 Å². The monoisotopic (exact) mass is 247 g/mol. The average Bonchev–Trinajstić information content (AvgIpc) is 2.24. The second-order valence-corrected chi connectivity index (χ2v) is 4.26. The molecule has 2 N–H and O–H groups in total. The number of hydrogen-bond acceptors (Lipinski definition) is 2. The summed E-state index contributed by atoms with van der Waals surface area (Å²) in [4.78, 5) is 0. The van der Waals surface area contributed by atoms with Crippen LogP contribution in [0.3, 0.4) is 0 Å². The molecule has 0 saturated heterocycles. The SMILES string of the molecule is CC(C)COc1ccccc1[C@H](N)C(F)(F)F. The van der Waals surface area contributed by atoms with E-state index in [1.165, 1.54) is 18.2 Å². The maximum Gasteiger partial charge on any atom is 0.407 e. The van der Waals surface area contributed by atoms with Crippen molar-refractivity contribution >= 4 is 0 Å². The van der Waals surface area contributed by atoms with E-state index in [2.05, 4.69) is 0 Å². The van der Waals surface area contributed by atoms with E-state index >= 15 is 0 Å². The molecule has 0 aromatic heterocycles. The first-order valence-corrected chi connectivity index (χ1v) is 5.36. The highest BCUT2D eigenvalue weighted by Gasteiger charge is 2.39. The van der Waals surface area contributed by atoms with Crippen LogP contribution < -0.4 is 10.5 Å². The van der Waals surface area contributed by atoms with Gasteiger partial charge in [-0.05, 0) is 12.0 Å². The standard InChI is InChI=1S/C12H16F3NO/c1-8(2)7-17-10-6-4-3-5-9(10)11(16)12(13,14)15/h3-6,8,11H,7,16H2,1-2H3/t11-/m0/s1. The minimum Gasteiger partial charge on any atom is -0.493 e. The van der Waals surface area contributed by atoms with Gasteiger partial charge in [0.1, 0.15) is 11.8 Å². The van der Waals surface area contributed by atoms with Gasteiger partial charge in [-0.15, -0.1) is 0 Å².